The van der Waals surface area contributed by atoms with Crippen LogP contribution in [0.5, 0.6) is 0 Å². The van der Waals surface area contributed by atoms with E-state index in [-0.39, 0.29) is 11.8 Å². The quantitative estimate of drug-likeness (QED) is 0.499. The number of nitrogen functional groups attached to an aromatic ring is 1. The van der Waals surface area contributed by atoms with Gasteiger partial charge in [0.25, 0.3) is 0 Å². The summed E-state index contributed by atoms with van der Waals surface area (Å²) in [6.07, 6.45) is 1.73. The summed E-state index contributed by atoms with van der Waals surface area (Å²) >= 11 is 0. The van der Waals surface area contributed by atoms with Crippen LogP contribution in [0.2, 0.25) is 0 Å². The maximum atomic E-state index is 11.4. The molecule has 1 aliphatic rings. The number of nitrogens with one attached hydrogen (secondary N) is 1. The van der Waals surface area contributed by atoms with Gasteiger partial charge in [0, 0.05) is 25.8 Å². The first-order valence-corrected chi connectivity index (χ1v) is 7.10. The van der Waals surface area contributed by atoms with E-state index in [1.807, 2.05) is 11.8 Å². The van der Waals surface area contributed by atoms with Crippen LogP contribution in [0.4, 0.5) is 11.6 Å². The van der Waals surface area contributed by atoms with Crippen molar-refractivity contribution in [3.8, 4) is 0 Å². The largest absolute Gasteiger partial charge is 0.374 e. The van der Waals surface area contributed by atoms with Gasteiger partial charge in [-0.25, -0.2) is 15.8 Å². The van der Waals surface area contributed by atoms with Crippen molar-refractivity contribution in [3.63, 3.8) is 0 Å². The van der Waals surface area contributed by atoms with Crippen LogP contribution in [0.3, 0.4) is 0 Å². The van der Waals surface area contributed by atoms with E-state index in [1.165, 1.54) is 0 Å². The van der Waals surface area contributed by atoms with Gasteiger partial charge in [-0.1, -0.05) is 0 Å². The molecule has 1 fully saturated rings. The number of carbonyl (C=O) groups excluding carboxylic acids is 1. The maximum Gasteiger partial charge on any atom is 0.222 e. The van der Waals surface area contributed by atoms with Gasteiger partial charge in [-0.05, 0) is 19.8 Å². The summed E-state index contributed by atoms with van der Waals surface area (Å²) < 4.78 is 5.33. The number of nitrogens with two attached hydrogens (primary N) is 2. The zero-order valence-corrected chi connectivity index (χ0v) is 12.2. The van der Waals surface area contributed by atoms with Crippen molar-refractivity contribution < 1.29 is 9.53 Å². The lowest BCUT2D eigenvalue weighted by molar-refractivity contribution is -0.122. The number of nitrogens with zero attached hydrogens (tertiary/aromatic N) is 3. The average Bonchev–Trinajstić information content (AvgIpc) is 2.52. The summed E-state index contributed by atoms with van der Waals surface area (Å²) in [7, 11) is 0. The molecule has 1 aromatic rings. The molecule has 1 aliphatic heterocycles. The van der Waals surface area contributed by atoms with E-state index in [2.05, 4.69) is 15.4 Å². The zero-order chi connectivity index (χ0) is 15.2. The van der Waals surface area contributed by atoms with Gasteiger partial charge in [0.15, 0.2) is 5.82 Å². The molecule has 2 rings (SSSR count). The van der Waals surface area contributed by atoms with Crippen molar-refractivity contribution in [2.24, 2.45) is 17.5 Å². The Morgan fingerprint density at radius 2 is 2.38 bits per heavy atom. The molecule has 0 radical (unpaired) electrons. The van der Waals surface area contributed by atoms with E-state index in [4.69, 9.17) is 16.3 Å². The molecule has 8 heteroatoms. The van der Waals surface area contributed by atoms with E-state index in [1.54, 1.807) is 6.07 Å². The Morgan fingerprint density at radius 3 is 3.05 bits per heavy atom. The molecule has 1 atom stereocenters. The average molecular weight is 294 g/mol. The molecule has 0 aliphatic carbocycles. The Kier molecular flexibility index (Phi) is 5.29. The highest BCUT2D eigenvalue weighted by molar-refractivity contribution is 5.77. The van der Waals surface area contributed by atoms with E-state index < -0.39 is 0 Å². The highest BCUT2D eigenvalue weighted by atomic mass is 16.5. The van der Waals surface area contributed by atoms with Gasteiger partial charge in [0.05, 0.1) is 5.92 Å². The van der Waals surface area contributed by atoms with E-state index in [9.17, 15) is 4.79 Å². The minimum Gasteiger partial charge on any atom is -0.374 e. The summed E-state index contributed by atoms with van der Waals surface area (Å²) in [5.74, 6) is 6.86. The molecule has 5 N–H and O–H groups in total. The molecular formula is C13H22N6O2. The second-order valence-electron chi connectivity index (χ2n) is 5.00. The topological polar surface area (TPSA) is 119 Å². The summed E-state index contributed by atoms with van der Waals surface area (Å²) in [4.78, 5) is 22.1. The van der Waals surface area contributed by atoms with Crippen LogP contribution in [-0.2, 0) is 16.1 Å². The van der Waals surface area contributed by atoms with Crippen LogP contribution in [0, 0.1) is 5.92 Å². The zero-order valence-electron chi connectivity index (χ0n) is 12.2. The minimum atomic E-state index is -0.263. The molecule has 0 bridgehead atoms. The second kappa shape index (κ2) is 7.19. The summed E-state index contributed by atoms with van der Waals surface area (Å²) in [5, 5.41) is 0. The van der Waals surface area contributed by atoms with Crippen molar-refractivity contribution in [1.29, 1.82) is 0 Å². The third-order valence-electron chi connectivity index (χ3n) is 3.49. The van der Waals surface area contributed by atoms with E-state index in [0.29, 0.717) is 31.4 Å². The van der Waals surface area contributed by atoms with Crippen molar-refractivity contribution in [3.05, 3.63) is 11.9 Å². The van der Waals surface area contributed by atoms with Gasteiger partial charge in [-0.3, -0.25) is 4.79 Å². The smallest absolute Gasteiger partial charge is 0.222 e. The number of rotatable bonds is 6. The van der Waals surface area contributed by atoms with Crippen LogP contribution in [0.15, 0.2) is 6.07 Å². The SMILES string of the molecule is CCOCc1nc(NN)cc(N2CCCC(C(N)=O)C2)n1. The predicted molar refractivity (Wildman–Crippen MR) is 79.3 cm³/mol. The fourth-order valence-corrected chi connectivity index (χ4v) is 2.39. The molecule has 2 heterocycles. The number of hydrogen-bond acceptors (Lipinski definition) is 7. The number of aromatic nitrogens is 2. The van der Waals surface area contributed by atoms with Gasteiger partial charge in [0.1, 0.15) is 18.2 Å². The van der Waals surface area contributed by atoms with Gasteiger partial charge < -0.3 is 20.8 Å². The molecule has 1 saturated heterocycles. The third-order valence-corrected chi connectivity index (χ3v) is 3.49. The third kappa shape index (κ3) is 4.02. The molecule has 8 nitrogen and oxygen atoms in total. The van der Waals surface area contributed by atoms with Crippen molar-refractivity contribution in [2.75, 3.05) is 30.0 Å². The number of primary amides is 1. The van der Waals surface area contributed by atoms with Crippen LogP contribution in [0.25, 0.3) is 0 Å². The molecule has 0 aromatic carbocycles. The first-order valence-electron chi connectivity index (χ1n) is 7.10. The lowest BCUT2D eigenvalue weighted by atomic mass is 9.97. The van der Waals surface area contributed by atoms with Crippen LogP contribution >= 0.6 is 0 Å². The number of piperidine rings is 1. The Bertz CT molecular complexity index is 496. The Morgan fingerprint density at radius 1 is 1.57 bits per heavy atom. The second-order valence-corrected chi connectivity index (χ2v) is 5.00. The molecular weight excluding hydrogens is 272 g/mol. The van der Waals surface area contributed by atoms with Crippen LogP contribution in [-0.4, -0.2) is 35.6 Å². The first-order chi connectivity index (χ1) is 10.1. The lowest BCUT2D eigenvalue weighted by Crippen LogP contribution is -2.41. The lowest BCUT2D eigenvalue weighted by Gasteiger charge is -2.32. The van der Waals surface area contributed by atoms with Gasteiger partial charge in [0.2, 0.25) is 5.91 Å². The molecule has 1 unspecified atom stereocenters. The van der Waals surface area contributed by atoms with Crippen LogP contribution in [0.1, 0.15) is 25.6 Å². The van der Waals surface area contributed by atoms with Gasteiger partial charge in [-0.2, -0.15) is 0 Å². The number of amides is 1. The van der Waals surface area contributed by atoms with Gasteiger partial charge in [-0.15, -0.1) is 0 Å². The number of anilines is 2. The molecule has 21 heavy (non-hydrogen) atoms. The highest BCUT2D eigenvalue weighted by Crippen LogP contribution is 2.23. The van der Waals surface area contributed by atoms with Crippen LogP contribution < -0.4 is 21.9 Å². The molecule has 1 amide bonds. The van der Waals surface area contributed by atoms with E-state index in [0.717, 1.165) is 25.2 Å². The van der Waals surface area contributed by atoms with Crippen molar-refractivity contribution in [2.45, 2.75) is 26.4 Å². The number of hydrogen-bond donors (Lipinski definition) is 3. The summed E-state index contributed by atoms with van der Waals surface area (Å²) in [6.45, 7) is 4.23. The molecule has 0 saturated carbocycles. The molecule has 1 aromatic heterocycles. The minimum absolute atomic E-state index is 0.140. The fraction of sp³-hybridized carbons (Fsp3) is 0.615. The van der Waals surface area contributed by atoms with E-state index >= 15 is 0 Å². The Balaban J connectivity index is 2.18. The molecule has 116 valence electrons. The summed E-state index contributed by atoms with van der Waals surface area (Å²) in [6, 6.07) is 1.76. The van der Waals surface area contributed by atoms with Crippen molar-refractivity contribution >= 4 is 17.5 Å². The fourth-order valence-electron chi connectivity index (χ4n) is 2.39. The maximum absolute atomic E-state index is 11.4. The highest BCUT2D eigenvalue weighted by Gasteiger charge is 2.25. The normalized spacial score (nSPS) is 18.6. The Hall–Kier alpha value is -1.93. The number of hydrazine groups is 1. The number of carbonyl (C=O) groups is 1. The standard InChI is InChI=1S/C13H22N6O2/c1-2-21-8-11-16-10(18-15)6-12(17-11)19-5-3-4-9(7-19)13(14)20/h6,9H,2-5,7-8,15H2,1H3,(H2,14,20)(H,16,17,18). The summed E-state index contributed by atoms with van der Waals surface area (Å²) in [5.41, 5.74) is 7.94. The molecule has 0 spiro atoms. The predicted octanol–water partition coefficient (Wildman–Crippen LogP) is 0.000400. The van der Waals surface area contributed by atoms with Gasteiger partial charge >= 0.3 is 0 Å². The number of ether oxygens (including phenoxy) is 1. The van der Waals surface area contributed by atoms with Crippen molar-refractivity contribution in [1.82, 2.24) is 9.97 Å². The Labute approximate surface area is 123 Å². The monoisotopic (exact) mass is 294 g/mol. The first kappa shape index (κ1) is 15.5.